The lowest BCUT2D eigenvalue weighted by Gasteiger charge is -2.37. The second-order valence-corrected chi connectivity index (χ2v) is 6.87. The first kappa shape index (κ1) is 14.0. The van der Waals surface area contributed by atoms with E-state index in [4.69, 9.17) is 0 Å². The van der Waals surface area contributed by atoms with Crippen molar-refractivity contribution in [1.29, 1.82) is 0 Å². The first-order valence-electron chi connectivity index (χ1n) is 7.54. The number of nitrogens with zero attached hydrogens (tertiary/aromatic N) is 1. The Labute approximate surface area is 139 Å². The Morgan fingerprint density at radius 3 is 2.43 bits per heavy atom. The fraction of sp³-hybridized carbons (Fsp3) is 0.105. The number of carbonyl (C=O) groups is 1. The van der Waals surface area contributed by atoms with Crippen LogP contribution in [0.1, 0.15) is 26.3 Å². The highest BCUT2D eigenvalue weighted by molar-refractivity contribution is 7.12. The number of amides is 1. The van der Waals surface area contributed by atoms with E-state index in [0.717, 1.165) is 16.3 Å². The molecule has 0 fully saturated rings. The van der Waals surface area contributed by atoms with Crippen LogP contribution in [0.25, 0.3) is 0 Å². The molecule has 2 aromatic carbocycles. The molecule has 4 rings (SSSR count). The molecule has 2 heterocycles. The van der Waals surface area contributed by atoms with Crippen molar-refractivity contribution in [2.75, 3.05) is 10.2 Å². The third-order valence-corrected chi connectivity index (χ3v) is 5.04. The summed E-state index contributed by atoms with van der Waals surface area (Å²) in [6, 6.07) is 21.7. The van der Waals surface area contributed by atoms with E-state index in [0.29, 0.717) is 5.56 Å². The van der Waals surface area contributed by atoms with Crippen molar-refractivity contribution in [3.8, 4) is 0 Å². The number of thiophene rings is 1. The molecular weight excluding hydrogens is 304 g/mol. The maximum absolute atomic E-state index is 13.1. The molecule has 114 valence electrons. The predicted octanol–water partition coefficient (Wildman–Crippen LogP) is 4.83. The van der Waals surface area contributed by atoms with Crippen LogP contribution < -0.4 is 10.2 Å². The highest BCUT2D eigenvalue weighted by Gasteiger charge is 2.34. The zero-order valence-electron chi connectivity index (χ0n) is 12.7. The first-order valence-corrected chi connectivity index (χ1v) is 8.36. The smallest absolute Gasteiger partial charge is 0.262 e. The number of aryl methyl sites for hydroxylation is 1. The summed E-state index contributed by atoms with van der Waals surface area (Å²) >= 11 is 1.71. The van der Waals surface area contributed by atoms with Gasteiger partial charge in [-0.3, -0.25) is 9.69 Å². The van der Waals surface area contributed by atoms with Crippen LogP contribution in [-0.4, -0.2) is 5.91 Å². The molecule has 3 aromatic rings. The van der Waals surface area contributed by atoms with Crippen molar-refractivity contribution < 1.29 is 4.79 Å². The molecule has 1 aromatic heterocycles. The highest BCUT2D eigenvalue weighted by atomic mass is 32.1. The summed E-state index contributed by atoms with van der Waals surface area (Å²) in [6.07, 6.45) is -0.182. The van der Waals surface area contributed by atoms with Gasteiger partial charge in [-0.15, -0.1) is 11.3 Å². The van der Waals surface area contributed by atoms with E-state index in [1.54, 1.807) is 11.3 Å². The van der Waals surface area contributed by atoms with Gasteiger partial charge in [-0.05, 0) is 43.3 Å². The summed E-state index contributed by atoms with van der Waals surface area (Å²) in [5, 5.41) is 3.52. The third-order valence-electron chi connectivity index (χ3n) is 3.99. The topological polar surface area (TPSA) is 32.3 Å². The molecule has 0 saturated carbocycles. The largest absolute Gasteiger partial charge is 0.360 e. The van der Waals surface area contributed by atoms with Crippen LogP contribution in [0.15, 0.2) is 66.7 Å². The quantitative estimate of drug-likeness (QED) is 0.733. The van der Waals surface area contributed by atoms with Gasteiger partial charge in [-0.25, -0.2) is 0 Å². The van der Waals surface area contributed by atoms with Crippen molar-refractivity contribution >= 4 is 28.6 Å². The summed E-state index contributed by atoms with van der Waals surface area (Å²) in [5.41, 5.74) is 2.50. The van der Waals surface area contributed by atoms with Gasteiger partial charge in [0.1, 0.15) is 6.17 Å². The molecule has 4 heteroatoms. The molecule has 3 nitrogen and oxygen atoms in total. The molecule has 1 atom stereocenters. The van der Waals surface area contributed by atoms with Crippen LogP contribution in [0, 0.1) is 6.92 Å². The lowest BCUT2D eigenvalue weighted by Crippen LogP contribution is -2.42. The number of anilines is 2. The van der Waals surface area contributed by atoms with Gasteiger partial charge in [-0.2, -0.15) is 0 Å². The second kappa shape index (κ2) is 5.56. The third kappa shape index (κ3) is 2.41. The number of hydrogen-bond donors (Lipinski definition) is 1. The first-order chi connectivity index (χ1) is 11.2. The number of carbonyl (C=O) groups excluding carboxylic acids is 1. The summed E-state index contributed by atoms with van der Waals surface area (Å²) < 4.78 is 0. The molecule has 1 N–H and O–H groups in total. The van der Waals surface area contributed by atoms with Crippen LogP contribution in [0.5, 0.6) is 0 Å². The van der Waals surface area contributed by atoms with E-state index in [9.17, 15) is 4.79 Å². The lowest BCUT2D eigenvalue weighted by atomic mass is 10.1. The molecule has 0 spiro atoms. The molecule has 0 bridgehead atoms. The van der Waals surface area contributed by atoms with Gasteiger partial charge < -0.3 is 5.32 Å². The minimum Gasteiger partial charge on any atom is -0.360 e. The van der Waals surface area contributed by atoms with Crippen molar-refractivity contribution in [2.45, 2.75) is 13.1 Å². The van der Waals surface area contributed by atoms with Crippen molar-refractivity contribution in [2.24, 2.45) is 0 Å². The standard InChI is InChI=1S/C19H16N2OS/c1-13-11-12-17(23-13)18-20-16-10-6-5-9-15(16)19(22)21(18)14-7-3-2-4-8-14/h2-12,18,20H,1H3/t18-/m0/s1. The van der Waals surface area contributed by atoms with Crippen LogP contribution in [0.4, 0.5) is 11.4 Å². The lowest BCUT2D eigenvalue weighted by molar-refractivity contribution is 0.0975. The molecule has 1 aliphatic heterocycles. The van der Waals surface area contributed by atoms with Crippen molar-refractivity contribution in [3.05, 3.63) is 82.0 Å². The van der Waals surface area contributed by atoms with Crippen LogP contribution in [0.3, 0.4) is 0 Å². The Morgan fingerprint density at radius 1 is 0.957 bits per heavy atom. The zero-order valence-corrected chi connectivity index (χ0v) is 13.5. The molecule has 0 saturated heterocycles. The highest BCUT2D eigenvalue weighted by Crippen LogP contribution is 2.38. The Morgan fingerprint density at radius 2 is 1.70 bits per heavy atom. The van der Waals surface area contributed by atoms with E-state index >= 15 is 0 Å². The van der Waals surface area contributed by atoms with E-state index in [1.165, 1.54) is 4.88 Å². The maximum atomic E-state index is 13.1. The molecule has 0 radical (unpaired) electrons. The fourth-order valence-corrected chi connectivity index (χ4v) is 3.83. The van der Waals surface area contributed by atoms with E-state index < -0.39 is 0 Å². The Kier molecular flexibility index (Phi) is 3.39. The molecule has 1 amide bonds. The van der Waals surface area contributed by atoms with Crippen LogP contribution in [-0.2, 0) is 0 Å². The van der Waals surface area contributed by atoms with Gasteiger partial charge in [0.25, 0.3) is 5.91 Å². The minimum absolute atomic E-state index is 0.0293. The summed E-state index contributed by atoms with van der Waals surface area (Å²) in [5.74, 6) is 0.0293. The van der Waals surface area contributed by atoms with E-state index in [1.807, 2.05) is 59.5 Å². The maximum Gasteiger partial charge on any atom is 0.262 e. The zero-order chi connectivity index (χ0) is 15.8. The number of rotatable bonds is 2. The normalized spacial score (nSPS) is 16.8. The van der Waals surface area contributed by atoms with E-state index in [2.05, 4.69) is 24.4 Å². The molecule has 23 heavy (non-hydrogen) atoms. The van der Waals surface area contributed by atoms with Gasteiger partial charge in [0, 0.05) is 21.1 Å². The SMILES string of the molecule is Cc1ccc([C@H]2Nc3ccccc3C(=O)N2c2ccccc2)s1. The molecular formula is C19H16N2OS. The van der Waals surface area contributed by atoms with Crippen LogP contribution in [0.2, 0.25) is 0 Å². The number of fused-ring (bicyclic) bond motifs is 1. The Bertz CT molecular complexity index is 857. The van der Waals surface area contributed by atoms with Gasteiger partial charge in [0.2, 0.25) is 0 Å². The van der Waals surface area contributed by atoms with Gasteiger partial charge in [0.15, 0.2) is 0 Å². The van der Waals surface area contributed by atoms with Gasteiger partial charge in [-0.1, -0.05) is 30.3 Å². The average Bonchev–Trinajstić information content (AvgIpc) is 3.02. The number of para-hydroxylation sites is 2. The number of benzene rings is 2. The monoisotopic (exact) mass is 320 g/mol. The predicted molar refractivity (Wildman–Crippen MR) is 95.1 cm³/mol. The molecule has 1 aliphatic rings. The average molecular weight is 320 g/mol. The Balaban J connectivity index is 1.86. The summed E-state index contributed by atoms with van der Waals surface area (Å²) in [7, 11) is 0. The number of hydrogen-bond acceptors (Lipinski definition) is 3. The van der Waals surface area contributed by atoms with E-state index in [-0.39, 0.29) is 12.1 Å². The molecule has 0 aliphatic carbocycles. The van der Waals surface area contributed by atoms with Gasteiger partial charge >= 0.3 is 0 Å². The van der Waals surface area contributed by atoms with Crippen LogP contribution >= 0.6 is 11.3 Å². The number of nitrogens with one attached hydrogen (secondary N) is 1. The fourth-order valence-electron chi connectivity index (χ4n) is 2.91. The minimum atomic E-state index is -0.182. The second-order valence-electron chi connectivity index (χ2n) is 5.55. The Hall–Kier alpha value is -2.59. The van der Waals surface area contributed by atoms with Crippen molar-refractivity contribution in [3.63, 3.8) is 0 Å². The summed E-state index contributed by atoms with van der Waals surface area (Å²) in [6.45, 7) is 2.08. The van der Waals surface area contributed by atoms with Crippen molar-refractivity contribution in [1.82, 2.24) is 0 Å². The summed E-state index contributed by atoms with van der Waals surface area (Å²) in [4.78, 5) is 17.3. The van der Waals surface area contributed by atoms with Gasteiger partial charge in [0.05, 0.1) is 5.56 Å². The molecule has 0 unspecified atom stereocenters.